The number of carbonyl (C=O) groups excluding carboxylic acids is 1. The second-order valence-electron chi connectivity index (χ2n) is 7.67. The standard InChI is InChI=1S/C18H30N6O3S/c1-13-16(20-12-21-17(13)19-2)18(25)24-10-6-15(7-11-24)23-8-4-14(5-9-23)22-28(3,26)27/h12,14-15,22H,4-11H2,1-3H3,(H,19,20,21). The van der Waals surface area contributed by atoms with Crippen molar-refractivity contribution < 1.29 is 13.2 Å². The molecule has 3 rings (SSSR count). The van der Waals surface area contributed by atoms with Crippen LogP contribution in [0.25, 0.3) is 0 Å². The quantitative estimate of drug-likeness (QED) is 0.725. The van der Waals surface area contributed by atoms with Crippen LogP contribution in [-0.2, 0) is 10.0 Å². The second-order valence-corrected chi connectivity index (χ2v) is 9.45. The molecule has 1 aromatic rings. The van der Waals surface area contributed by atoms with E-state index in [1.807, 2.05) is 11.8 Å². The van der Waals surface area contributed by atoms with Crippen LogP contribution in [0.5, 0.6) is 0 Å². The first-order chi connectivity index (χ1) is 13.3. The summed E-state index contributed by atoms with van der Waals surface area (Å²) in [5.41, 5.74) is 1.24. The van der Waals surface area contributed by atoms with Crippen molar-refractivity contribution in [3.63, 3.8) is 0 Å². The zero-order valence-corrected chi connectivity index (χ0v) is 17.6. The van der Waals surface area contributed by atoms with E-state index in [1.54, 1.807) is 7.05 Å². The number of nitrogens with one attached hydrogen (secondary N) is 2. The number of rotatable bonds is 5. The maximum absolute atomic E-state index is 12.9. The van der Waals surface area contributed by atoms with Crippen LogP contribution in [0, 0.1) is 6.92 Å². The van der Waals surface area contributed by atoms with Gasteiger partial charge in [0.05, 0.1) is 6.26 Å². The third kappa shape index (κ3) is 4.98. The average molecular weight is 411 g/mol. The van der Waals surface area contributed by atoms with Gasteiger partial charge in [0.1, 0.15) is 17.8 Å². The van der Waals surface area contributed by atoms with Crippen molar-refractivity contribution in [2.45, 2.75) is 44.7 Å². The first kappa shape index (κ1) is 20.9. The molecule has 2 saturated heterocycles. The number of hydrogen-bond acceptors (Lipinski definition) is 7. The van der Waals surface area contributed by atoms with Gasteiger partial charge in [-0.2, -0.15) is 0 Å². The maximum atomic E-state index is 12.9. The summed E-state index contributed by atoms with van der Waals surface area (Å²) in [7, 11) is -1.36. The predicted molar refractivity (Wildman–Crippen MR) is 108 cm³/mol. The molecule has 0 saturated carbocycles. The van der Waals surface area contributed by atoms with Crippen LogP contribution in [0.2, 0.25) is 0 Å². The van der Waals surface area contributed by atoms with E-state index in [0.29, 0.717) is 30.6 Å². The van der Waals surface area contributed by atoms with E-state index < -0.39 is 10.0 Å². The zero-order valence-electron chi connectivity index (χ0n) is 16.8. The summed E-state index contributed by atoms with van der Waals surface area (Å²) < 4.78 is 25.5. The van der Waals surface area contributed by atoms with E-state index in [2.05, 4.69) is 24.9 Å². The fourth-order valence-electron chi connectivity index (χ4n) is 4.19. The van der Waals surface area contributed by atoms with Gasteiger partial charge in [0, 0.05) is 37.8 Å². The molecule has 0 aliphatic carbocycles. The van der Waals surface area contributed by atoms with Crippen molar-refractivity contribution in [1.29, 1.82) is 0 Å². The van der Waals surface area contributed by atoms with Gasteiger partial charge in [0.2, 0.25) is 10.0 Å². The van der Waals surface area contributed by atoms with E-state index in [0.717, 1.165) is 44.3 Å². The summed E-state index contributed by atoms with van der Waals surface area (Å²) in [5, 5.41) is 2.99. The van der Waals surface area contributed by atoms with Gasteiger partial charge in [-0.25, -0.2) is 23.1 Å². The lowest BCUT2D eigenvalue weighted by atomic mass is 9.98. The van der Waals surface area contributed by atoms with E-state index in [4.69, 9.17) is 0 Å². The highest BCUT2D eigenvalue weighted by atomic mass is 32.2. The minimum absolute atomic E-state index is 0.0362. The first-order valence-electron chi connectivity index (χ1n) is 9.78. The average Bonchev–Trinajstić information content (AvgIpc) is 2.67. The number of piperidine rings is 2. The molecule has 28 heavy (non-hydrogen) atoms. The molecule has 0 bridgehead atoms. The van der Waals surface area contributed by atoms with Gasteiger partial charge in [-0.05, 0) is 45.7 Å². The number of likely N-dealkylation sites (tertiary alicyclic amines) is 2. The lowest BCUT2D eigenvalue weighted by molar-refractivity contribution is 0.0570. The molecule has 0 aromatic carbocycles. The van der Waals surface area contributed by atoms with E-state index in [-0.39, 0.29) is 11.9 Å². The van der Waals surface area contributed by atoms with Crippen LogP contribution < -0.4 is 10.0 Å². The number of aromatic nitrogens is 2. The maximum Gasteiger partial charge on any atom is 0.272 e. The Morgan fingerprint density at radius 1 is 1.11 bits per heavy atom. The fourth-order valence-corrected chi connectivity index (χ4v) is 5.03. The predicted octanol–water partition coefficient (Wildman–Crippen LogP) is 0.445. The SMILES string of the molecule is CNc1ncnc(C(=O)N2CCC(N3CCC(NS(C)(=O)=O)CC3)CC2)c1C. The van der Waals surface area contributed by atoms with Gasteiger partial charge < -0.3 is 15.1 Å². The third-order valence-corrected chi connectivity index (χ3v) is 6.46. The molecule has 9 nitrogen and oxygen atoms in total. The molecule has 1 amide bonds. The normalized spacial score (nSPS) is 20.3. The Morgan fingerprint density at radius 2 is 1.75 bits per heavy atom. The molecule has 1 aromatic heterocycles. The van der Waals surface area contributed by atoms with Crippen molar-refractivity contribution >= 4 is 21.7 Å². The van der Waals surface area contributed by atoms with Gasteiger partial charge in [0.15, 0.2) is 0 Å². The number of sulfonamides is 1. The molecule has 2 aliphatic heterocycles. The second kappa shape index (κ2) is 8.71. The molecular formula is C18H30N6O3S. The summed E-state index contributed by atoms with van der Waals surface area (Å²) in [5.74, 6) is 0.643. The number of amides is 1. The monoisotopic (exact) mass is 410 g/mol. The van der Waals surface area contributed by atoms with E-state index in [1.165, 1.54) is 12.6 Å². The van der Waals surface area contributed by atoms with Crippen molar-refractivity contribution in [1.82, 2.24) is 24.5 Å². The third-order valence-electron chi connectivity index (χ3n) is 5.70. The van der Waals surface area contributed by atoms with Gasteiger partial charge in [-0.1, -0.05) is 0 Å². The Morgan fingerprint density at radius 3 is 2.32 bits per heavy atom. The summed E-state index contributed by atoms with van der Waals surface area (Å²) in [4.78, 5) is 25.5. The molecular weight excluding hydrogens is 380 g/mol. The Labute approximate surface area is 167 Å². The van der Waals surface area contributed by atoms with Crippen LogP contribution in [0.3, 0.4) is 0 Å². The van der Waals surface area contributed by atoms with Gasteiger partial charge in [0.25, 0.3) is 5.91 Å². The molecule has 2 aliphatic rings. The Hall–Kier alpha value is -1.78. The number of carbonyl (C=O) groups is 1. The van der Waals surface area contributed by atoms with Crippen LogP contribution in [0.4, 0.5) is 5.82 Å². The smallest absolute Gasteiger partial charge is 0.272 e. The topological polar surface area (TPSA) is 108 Å². The van der Waals surface area contributed by atoms with Crippen LogP contribution >= 0.6 is 0 Å². The van der Waals surface area contributed by atoms with Crippen LogP contribution in [0.1, 0.15) is 41.7 Å². The highest BCUT2D eigenvalue weighted by Gasteiger charge is 2.31. The van der Waals surface area contributed by atoms with Crippen molar-refractivity contribution in [3.05, 3.63) is 17.6 Å². The number of hydrogen-bond donors (Lipinski definition) is 2. The van der Waals surface area contributed by atoms with Crippen LogP contribution in [-0.4, -0.2) is 85.7 Å². The molecule has 0 spiro atoms. The minimum Gasteiger partial charge on any atom is -0.373 e. The van der Waals surface area contributed by atoms with Crippen molar-refractivity contribution in [2.75, 3.05) is 44.8 Å². The van der Waals surface area contributed by atoms with Gasteiger partial charge in [-0.3, -0.25) is 4.79 Å². The molecule has 0 atom stereocenters. The minimum atomic E-state index is -3.15. The molecule has 10 heteroatoms. The molecule has 0 radical (unpaired) electrons. The summed E-state index contributed by atoms with van der Waals surface area (Å²) in [6.45, 7) is 5.07. The molecule has 2 fully saturated rings. The van der Waals surface area contributed by atoms with E-state index >= 15 is 0 Å². The van der Waals surface area contributed by atoms with E-state index in [9.17, 15) is 13.2 Å². The van der Waals surface area contributed by atoms with Crippen molar-refractivity contribution in [2.24, 2.45) is 0 Å². The lowest BCUT2D eigenvalue weighted by Crippen LogP contribution is -2.51. The summed E-state index contributed by atoms with van der Waals surface area (Å²) in [6, 6.07) is 0.484. The van der Waals surface area contributed by atoms with Crippen LogP contribution in [0.15, 0.2) is 6.33 Å². The Bertz CT molecular complexity index is 800. The lowest BCUT2D eigenvalue weighted by Gasteiger charge is -2.41. The number of anilines is 1. The Balaban J connectivity index is 1.52. The molecule has 156 valence electrons. The summed E-state index contributed by atoms with van der Waals surface area (Å²) >= 11 is 0. The fraction of sp³-hybridized carbons (Fsp3) is 0.722. The largest absolute Gasteiger partial charge is 0.373 e. The number of nitrogens with zero attached hydrogens (tertiary/aromatic N) is 4. The van der Waals surface area contributed by atoms with Crippen molar-refractivity contribution in [3.8, 4) is 0 Å². The summed E-state index contributed by atoms with van der Waals surface area (Å²) in [6.07, 6.45) is 6.16. The Kier molecular flexibility index (Phi) is 6.51. The highest BCUT2D eigenvalue weighted by Crippen LogP contribution is 2.23. The molecule has 0 unspecified atom stereocenters. The zero-order chi connectivity index (χ0) is 20.3. The first-order valence-corrected chi connectivity index (χ1v) is 11.7. The molecule has 2 N–H and O–H groups in total. The van der Waals surface area contributed by atoms with Gasteiger partial charge in [-0.15, -0.1) is 0 Å². The van der Waals surface area contributed by atoms with Gasteiger partial charge >= 0.3 is 0 Å². The highest BCUT2D eigenvalue weighted by molar-refractivity contribution is 7.88. The molecule has 3 heterocycles.